The first kappa shape index (κ1) is 20.9. The number of aromatic nitrogens is 4. The van der Waals surface area contributed by atoms with Crippen molar-refractivity contribution in [1.82, 2.24) is 24.3 Å². The summed E-state index contributed by atoms with van der Waals surface area (Å²) in [4.78, 5) is 3.38. The van der Waals surface area contributed by atoms with Crippen molar-refractivity contribution in [2.45, 2.75) is 49.3 Å². The van der Waals surface area contributed by atoms with Gasteiger partial charge in [0.1, 0.15) is 6.07 Å². The fourth-order valence-corrected chi connectivity index (χ4v) is 5.10. The molecule has 1 aliphatic rings. The van der Waals surface area contributed by atoms with Crippen molar-refractivity contribution in [2.75, 3.05) is 26.2 Å². The smallest absolute Gasteiger partial charge is 0.103 e. The zero-order chi connectivity index (χ0) is 21.1. The molecule has 1 fully saturated rings. The van der Waals surface area contributed by atoms with Gasteiger partial charge in [-0.05, 0) is 31.9 Å². The van der Waals surface area contributed by atoms with Crippen LogP contribution in [0.5, 0.6) is 0 Å². The number of nitrogens with zero attached hydrogens (tertiary/aromatic N) is 6. The van der Waals surface area contributed by atoms with Gasteiger partial charge in [0.2, 0.25) is 0 Å². The fourth-order valence-electron chi connectivity index (χ4n) is 3.99. The van der Waals surface area contributed by atoms with Crippen LogP contribution in [-0.2, 0) is 0 Å². The van der Waals surface area contributed by atoms with Crippen LogP contribution >= 0.6 is 11.8 Å². The number of β-amino-alcohol motifs (C(OH)–C–C–N with tert-alkyl or cyclic N) is 1. The highest BCUT2D eigenvalue weighted by atomic mass is 32.2. The fraction of sp³-hybridized carbons (Fsp3) is 0.500. The summed E-state index contributed by atoms with van der Waals surface area (Å²) in [6, 6.07) is 4.75. The van der Waals surface area contributed by atoms with Gasteiger partial charge < -0.3 is 5.11 Å². The highest BCUT2D eigenvalue weighted by Gasteiger charge is 2.22. The van der Waals surface area contributed by atoms with Gasteiger partial charge in [0.25, 0.3) is 0 Å². The first-order valence-corrected chi connectivity index (χ1v) is 11.5. The molecule has 2 atom stereocenters. The number of fused-ring (bicyclic) bond motifs is 1. The molecular formula is C22H28N6OS. The third kappa shape index (κ3) is 4.24. The van der Waals surface area contributed by atoms with Crippen molar-refractivity contribution < 1.29 is 5.11 Å². The molecule has 0 aromatic carbocycles. The third-order valence-corrected chi connectivity index (χ3v) is 7.11. The molecular weight excluding hydrogens is 396 g/mol. The van der Waals surface area contributed by atoms with Crippen molar-refractivity contribution in [1.29, 1.82) is 5.26 Å². The Balaban J connectivity index is 1.66. The van der Waals surface area contributed by atoms with Crippen LogP contribution < -0.4 is 0 Å². The molecule has 0 saturated carbocycles. The molecule has 158 valence electrons. The van der Waals surface area contributed by atoms with Crippen LogP contribution in [0.15, 0.2) is 35.7 Å². The number of hydrogen-bond acceptors (Lipinski definition) is 6. The maximum absolute atomic E-state index is 9.49. The summed E-state index contributed by atoms with van der Waals surface area (Å²) in [6.07, 6.45) is 10.9. The zero-order valence-corrected chi connectivity index (χ0v) is 18.3. The molecule has 0 radical (unpaired) electrons. The van der Waals surface area contributed by atoms with E-state index in [4.69, 9.17) is 0 Å². The van der Waals surface area contributed by atoms with Gasteiger partial charge in [0.15, 0.2) is 0 Å². The largest absolute Gasteiger partial charge is 0.395 e. The van der Waals surface area contributed by atoms with Crippen molar-refractivity contribution in [3.63, 3.8) is 0 Å². The maximum atomic E-state index is 9.49. The van der Waals surface area contributed by atoms with E-state index in [9.17, 15) is 10.4 Å². The monoisotopic (exact) mass is 424 g/mol. The number of aliphatic hydroxyl groups is 1. The first-order chi connectivity index (χ1) is 14.6. The first-order valence-electron chi connectivity index (χ1n) is 10.6. The minimum Gasteiger partial charge on any atom is -0.395 e. The molecule has 8 heteroatoms. The van der Waals surface area contributed by atoms with Crippen LogP contribution in [0.4, 0.5) is 0 Å². The number of piperidine rings is 1. The molecule has 7 nitrogen and oxygen atoms in total. The Kier molecular flexibility index (Phi) is 6.42. The lowest BCUT2D eigenvalue weighted by Gasteiger charge is -2.32. The van der Waals surface area contributed by atoms with E-state index in [-0.39, 0.29) is 6.61 Å². The van der Waals surface area contributed by atoms with E-state index >= 15 is 0 Å². The number of nitriles is 1. The number of aliphatic hydroxyl groups excluding tert-OH is 1. The topological polar surface area (TPSA) is 82.4 Å². The zero-order valence-electron chi connectivity index (χ0n) is 17.5. The predicted molar refractivity (Wildman–Crippen MR) is 119 cm³/mol. The summed E-state index contributed by atoms with van der Waals surface area (Å²) in [5, 5.41) is 28.3. The van der Waals surface area contributed by atoms with E-state index < -0.39 is 0 Å². The molecule has 30 heavy (non-hydrogen) atoms. The lowest BCUT2D eigenvalue weighted by Crippen LogP contribution is -2.38. The average molecular weight is 425 g/mol. The second kappa shape index (κ2) is 9.21. The molecule has 1 N–H and O–H groups in total. The molecule has 0 spiro atoms. The van der Waals surface area contributed by atoms with E-state index in [0.29, 0.717) is 16.9 Å². The Morgan fingerprint density at radius 1 is 1.30 bits per heavy atom. The van der Waals surface area contributed by atoms with Crippen LogP contribution in [0.1, 0.15) is 44.7 Å². The van der Waals surface area contributed by atoms with Gasteiger partial charge in [-0.15, -0.1) is 11.8 Å². The van der Waals surface area contributed by atoms with Crippen molar-refractivity contribution in [3.05, 3.63) is 36.4 Å². The Labute approximate surface area is 181 Å². The predicted octanol–water partition coefficient (Wildman–Crippen LogP) is 3.59. The third-order valence-electron chi connectivity index (χ3n) is 5.81. The van der Waals surface area contributed by atoms with Gasteiger partial charge >= 0.3 is 0 Å². The van der Waals surface area contributed by atoms with E-state index in [2.05, 4.69) is 52.0 Å². The van der Waals surface area contributed by atoms with Crippen LogP contribution in [0.3, 0.4) is 0 Å². The minimum absolute atomic E-state index is 0.197. The van der Waals surface area contributed by atoms with Crippen LogP contribution in [0.2, 0.25) is 0 Å². The molecule has 1 saturated heterocycles. The molecule has 3 aromatic rings. The van der Waals surface area contributed by atoms with Crippen molar-refractivity contribution >= 4 is 17.3 Å². The van der Waals surface area contributed by atoms with Gasteiger partial charge in [-0.3, -0.25) is 9.58 Å². The Morgan fingerprint density at radius 3 is 2.93 bits per heavy atom. The van der Waals surface area contributed by atoms with Gasteiger partial charge in [0.05, 0.1) is 36.1 Å². The summed E-state index contributed by atoms with van der Waals surface area (Å²) >= 11 is 1.79. The summed E-state index contributed by atoms with van der Waals surface area (Å²) < 4.78 is 3.88. The Hall–Kier alpha value is -2.34. The summed E-state index contributed by atoms with van der Waals surface area (Å²) in [5.74, 6) is 0. The van der Waals surface area contributed by atoms with Crippen LogP contribution in [0, 0.1) is 11.3 Å². The standard InChI is InChI=1S/C22H28N6OS/c1-3-16(2)30-21-9-17(13-28-22(21)18(10-23)11-25-28)19-12-24-27(14-19)20-5-4-6-26(15-20)7-8-29/h9,11-14,16,20,29H,3-8,15H2,1-2H3/t16-,20+/m1/s1. The molecule has 1 aliphatic heterocycles. The Bertz CT molecular complexity index is 1050. The molecule has 4 heterocycles. The number of pyridine rings is 1. The summed E-state index contributed by atoms with van der Waals surface area (Å²) in [7, 11) is 0. The Morgan fingerprint density at radius 2 is 2.17 bits per heavy atom. The average Bonchev–Trinajstić information content (AvgIpc) is 3.41. The van der Waals surface area contributed by atoms with Crippen molar-refractivity contribution in [2.24, 2.45) is 0 Å². The lowest BCUT2D eigenvalue weighted by molar-refractivity contribution is 0.138. The SMILES string of the molecule is CC[C@@H](C)Sc1cc(-c2cnn([C@H]3CCCN(CCO)C3)c2)cn2ncc(C#N)c12. The number of likely N-dealkylation sites (tertiary alicyclic amines) is 1. The second-order valence-corrected chi connectivity index (χ2v) is 9.40. The highest BCUT2D eigenvalue weighted by Crippen LogP contribution is 2.34. The normalized spacial score (nSPS) is 18.5. The molecule has 0 amide bonds. The number of rotatable bonds is 7. The molecule has 0 aliphatic carbocycles. The molecule has 0 bridgehead atoms. The van der Waals surface area contributed by atoms with E-state index in [1.54, 1.807) is 18.0 Å². The van der Waals surface area contributed by atoms with Gasteiger partial charge in [-0.25, -0.2) is 4.52 Å². The van der Waals surface area contributed by atoms with Crippen molar-refractivity contribution in [3.8, 4) is 17.2 Å². The van der Waals surface area contributed by atoms with E-state index in [1.165, 1.54) is 0 Å². The number of thioether (sulfide) groups is 1. The van der Waals surface area contributed by atoms with Gasteiger partial charge in [0, 0.05) is 46.8 Å². The number of hydrogen-bond donors (Lipinski definition) is 1. The highest BCUT2D eigenvalue weighted by molar-refractivity contribution is 8.00. The quantitative estimate of drug-likeness (QED) is 0.584. The second-order valence-electron chi connectivity index (χ2n) is 7.92. The maximum Gasteiger partial charge on any atom is 0.103 e. The summed E-state index contributed by atoms with van der Waals surface area (Å²) in [5.41, 5.74) is 3.59. The molecule has 0 unspecified atom stereocenters. The van der Waals surface area contributed by atoms with Gasteiger partial charge in [-0.1, -0.05) is 13.8 Å². The molecule has 3 aromatic heterocycles. The van der Waals surface area contributed by atoms with Crippen LogP contribution in [0.25, 0.3) is 16.6 Å². The minimum atomic E-state index is 0.197. The van der Waals surface area contributed by atoms with E-state index in [0.717, 1.165) is 60.4 Å². The van der Waals surface area contributed by atoms with Gasteiger partial charge in [-0.2, -0.15) is 15.5 Å². The lowest BCUT2D eigenvalue weighted by atomic mass is 10.1. The molecule has 4 rings (SSSR count). The van der Waals surface area contributed by atoms with E-state index in [1.807, 2.05) is 16.9 Å². The summed E-state index contributed by atoms with van der Waals surface area (Å²) in [6.45, 7) is 7.25. The van der Waals surface area contributed by atoms with Crippen LogP contribution in [-0.4, -0.2) is 60.9 Å².